The molecule has 0 bridgehead atoms. The Morgan fingerprint density at radius 1 is 1.14 bits per heavy atom. The highest BCUT2D eigenvalue weighted by molar-refractivity contribution is 5.96. The minimum absolute atomic E-state index is 0.0198. The molecule has 0 spiro atoms. The van der Waals surface area contributed by atoms with Crippen molar-refractivity contribution in [3.63, 3.8) is 0 Å². The Bertz CT molecular complexity index is 956. The van der Waals surface area contributed by atoms with Crippen LogP contribution in [0.1, 0.15) is 28.9 Å². The quantitative estimate of drug-likeness (QED) is 0.834. The molecule has 1 N–H and O–H groups in total. The van der Waals surface area contributed by atoms with E-state index < -0.39 is 0 Å². The second-order valence-corrected chi connectivity index (χ2v) is 7.01. The van der Waals surface area contributed by atoms with Crippen LogP contribution in [0.25, 0.3) is 0 Å². The average Bonchev–Trinajstić information content (AvgIpc) is 3.10. The summed E-state index contributed by atoms with van der Waals surface area (Å²) in [5, 5.41) is 0. The standard InChI is InChI=1S/C20H22N4O4/c1-22-16(12-23-10-5-8-17(23)26)21-24-11-9-15(25)19(18(24)20(22)27)28-13-14-6-3-2-4-7-14/h2-4,6-7,9,11,16,21H,5,8,10,12-13H2,1H3. The molecule has 2 amide bonds. The number of amides is 2. The van der Waals surface area contributed by atoms with E-state index in [0.29, 0.717) is 19.5 Å². The summed E-state index contributed by atoms with van der Waals surface area (Å²) >= 11 is 0. The second kappa shape index (κ2) is 7.38. The summed E-state index contributed by atoms with van der Waals surface area (Å²) in [6.45, 7) is 1.28. The number of benzene rings is 1. The van der Waals surface area contributed by atoms with Gasteiger partial charge in [0.15, 0.2) is 11.4 Å². The minimum Gasteiger partial charge on any atom is -0.482 e. The number of likely N-dealkylation sites (tertiary alicyclic amines) is 1. The van der Waals surface area contributed by atoms with Crippen molar-refractivity contribution in [2.24, 2.45) is 0 Å². The van der Waals surface area contributed by atoms with Crippen molar-refractivity contribution >= 4 is 11.8 Å². The molecule has 2 aromatic rings. The molecular formula is C20H22N4O4. The summed E-state index contributed by atoms with van der Waals surface area (Å²) in [6.07, 6.45) is 2.53. The largest absolute Gasteiger partial charge is 0.482 e. The molecule has 0 saturated carbocycles. The number of likely N-dealkylation sites (N-methyl/N-ethyl adjacent to an activating group) is 1. The van der Waals surface area contributed by atoms with Crippen molar-refractivity contribution in [2.45, 2.75) is 25.6 Å². The fourth-order valence-electron chi connectivity index (χ4n) is 3.52. The third kappa shape index (κ3) is 3.33. The number of nitrogens with zero attached hydrogens (tertiary/aromatic N) is 3. The Morgan fingerprint density at radius 3 is 2.64 bits per heavy atom. The molecule has 1 saturated heterocycles. The normalized spacial score (nSPS) is 18.8. The summed E-state index contributed by atoms with van der Waals surface area (Å²) < 4.78 is 7.26. The zero-order chi connectivity index (χ0) is 19.7. The average molecular weight is 382 g/mol. The van der Waals surface area contributed by atoms with Crippen LogP contribution in [0.15, 0.2) is 47.4 Å². The summed E-state index contributed by atoms with van der Waals surface area (Å²) in [6, 6.07) is 10.8. The van der Waals surface area contributed by atoms with E-state index in [9.17, 15) is 14.4 Å². The highest BCUT2D eigenvalue weighted by Gasteiger charge is 2.35. The Hall–Kier alpha value is -3.29. The van der Waals surface area contributed by atoms with Gasteiger partial charge in [-0.25, -0.2) is 0 Å². The van der Waals surface area contributed by atoms with Gasteiger partial charge < -0.3 is 20.0 Å². The maximum absolute atomic E-state index is 13.0. The van der Waals surface area contributed by atoms with E-state index in [1.165, 1.54) is 21.8 Å². The Balaban J connectivity index is 1.59. The SMILES string of the molecule is CN1C(=O)c2c(OCc3ccccc3)c(=O)ccn2NC1CN1CCCC1=O. The Morgan fingerprint density at radius 2 is 1.93 bits per heavy atom. The van der Waals surface area contributed by atoms with Gasteiger partial charge in [-0.2, -0.15) is 0 Å². The minimum atomic E-state index is -0.383. The molecule has 2 aliphatic rings. The molecule has 1 aromatic carbocycles. The van der Waals surface area contributed by atoms with E-state index >= 15 is 0 Å². The maximum atomic E-state index is 13.0. The highest BCUT2D eigenvalue weighted by atomic mass is 16.5. The summed E-state index contributed by atoms with van der Waals surface area (Å²) in [4.78, 5) is 40.6. The number of hydrogen-bond acceptors (Lipinski definition) is 5. The van der Waals surface area contributed by atoms with Gasteiger partial charge in [0.1, 0.15) is 12.8 Å². The Labute approximate surface area is 162 Å². The zero-order valence-corrected chi connectivity index (χ0v) is 15.6. The van der Waals surface area contributed by atoms with Crippen molar-refractivity contribution in [2.75, 3.05) is 25.6 Å². The number of nitrogens with one attached hydrogen (secondary N) is 1. The lowest BCUT2D eigenvalue weighted by atomic mass is 10.2. The van der Waals surface area contributed by atoms with E-state index in [4.69, 9.17) is 4.74 Å². The smallest absolute Gasteiger partial charge is 0.277 e. The first-order chi connectivity index (χ1) is 13.5. The molecule has 0 aliphatic carbocycles. The van der Waals surface area contributed by atoms with E-state index in [2.05, 4.69) is 5.43 Å². The predicted octanol–water partition coefficient (Wildman–Crippen LogP) is 1.00. The van der Waals surface area contributed by atoms with Gasteiger partial charge in [0.05, 0.1) is 6.54 Å². The van der Waals surface area contributed by atoms with Crippen LogP contribution in [0.5, 0.6) is 5.75 Å². The molecular weight excluding hydrogens is 360 g/mol. The Kier molecular flexibility index (Phi) is 4.77. The van der Waals surface area contributed by atoms with Crippen molar-refractivity contribution in [3.05, 3.63) is 64.1 Å². The van der Waals surface area contributed by atoms with Crippen molar-refractivity contribution in [1.82, 2.24) is 14.5 Å². The van der Waals surface area contributed by atoms with Gasteiger partial charge in [-0.1, -0.05) is 30.3 Å². The molecule has 0 radical (unpaired) electrons. The number of ether oxygens (including phenoxy) is 1. The van der Waals surface area contributed by atoms with Gasteiger partial charge in [0, 0.05) is 32.3 Å². The highest BCUT2D eigenvalue weighted by Crippen LogP contribution is 2.22. The lowest BCUT2D eigenvalue weighted by molar-refractivity contribution is -0.128. The summed E-state index contributed by atoms with van der Waals surface area (Å²) in [7, 11) is 1.66. The number of pyridine rings is 1. The van der Waals surface area contributed by atoms with Crippen LogP contribution in [0.3, 0.4) is 0 Å². The molecule has 3 heterocycles. The lowest BCUT2D eigenvalue weighted by Gasteiger charge is -2.38. The van der Waals surface area contributed by atoms with E-state index in [-0.39, 0.29) is 41.5 Å². The number of aromatic nitrogens is 1. The van der Waals surface area contributed by atoms with Crippen LogP contribution in [-0.4, -0.2) is 52.6 Å². The van der Waals surface area contributed by atoms with Gasteiger partial charge in [0.25, 0.3) is 5.91 Å². The maximum Gasteiger partial charge on any atom is 0.277 e. The lowest BCUT2D eigenvalue weighted by Crippen LogP contribution is -2.56. The first kappa shape index (κ1) is 18.1. The van der Waals surface area contributed by atoms with Crippen LogP contribution in [0.4, 0.5) is 0 Å². The van der Waals surface area contributed by atoms with Crippen LogP contribution in [-0.2, 0) is 11.4 Å². The van der Waals surface area contributed by atoms with E-state index in [1.54, 1.807) is 11.9 Å². The molecule has 1 aromatic heterocycles. The fourth-order valence-corrected chi connectivity index (χ4v) is 3.52. The van der Waals surface area contributed by atoms with E-state index in [0.717, 1.165) is 12.0 Å². The number of rotatable bonds is 5. The van der Waals surface area contributed by atoms with Gasteiger partial charge in [-0.15, -0.1) is 0 Å². The molecule has 2 aliphatic heterocycles. The van der Waals surface area contributed by atoms with Gasteiger partial charge >= 0.3 is 0 Å². The van der Waals surface area contributed by atoms with Gasteiger partial charge in [-0.05, 0) is 12.0 Å². The third-order valence-electron chi connectivity index (χ3n) is 5.12. The third-order valence-corrected chi connectivity index (χ3v) is 5.12. The van der Waals surface area contributed by atoms with Crippen LogP contribution < -0.4 is 15.6 Å². The van der Waals surface area contributed by atoms with Crippen LogP contribution >= 0.6 is 0 Å². The first-order valence-electron chi connectivity index (χ1n) is 9.28. The molecule has 4 rings (SSSR count). The van der Waals surface area contributed by atoms with Crippen molar-refractivity contribution in [3.8, 4) is 5.75 Å². The summed E-state index contributed by atoms with van der Waals surface area (Å²) in [5.74, 6) is -0.206. The molecule has 1 atom stereocenters. The molecule has 146 valence electrons. The molecule has 28 heavy (non-hydrogen) atoms. The van der Waals surface area contributed by atoms with Gasteiger partial charge in [0.2, 0.25) is 11.3 Å². The predicted molar refractivity (Wildman–Crippen MR) is 103 cm³/mol. The summed E-state index contributed by atoms with van der Waals surface area (Å²) in [5.41, 5.74) is 3.92. The molecule has 1 unspecified atom stereocenters. The second-order valence-electron chi connectivity index (χ2n) is 7.01. The topological polar surface area (TPSA) is 83.9 Å². The van der Waals surface area contributed by atoms with Gasteiger partial charge in [-0.3, -0.25) is 19.1 Å². The van der Waals surface area contributed by atoms with Crippen LogP contribution in [0.2, 0.25) is 0 Å². The molecule has 8 nitrogen and oxygen atoms in total. The molecule has 1 fully saturated rings. The monoisotopic (exact) mass is 382 g/mol. The number of hydrogen-bond donors (Lipinski definition) is 1. The van der Waals surface area contributed by atoms with Crippen LogP contribution in [0, 0.1) is 0 Å². The molecule has 8 heteroatoms. The van der Waals surface area contributed by atoms with Crippen molar-refractivity contribution < 1.29 is 14.3 Å². The fraction of sp³-hybridized carbons (Fsp3) is 0.350. The first-order valence-corrected chi connectivity index (χ1v) is 9.28. The van der Waals surface area contributed by atoms with E-state index in [1.807, 2.05) is 30.3 Å². The number of carbonyl (C=O) groups is 2. The number of fused-ring (bicyclic) bond motifs is 1. The zero-order valence-electron chi connectivity index (χ0n) is 15.6. The van der Waals surface area contributed by atoms with Crippen molar-refractivity contribution in [1.29, 1.82) is 0 Å². The number of carbonyl (C=O) groups excluding carboxylic acids is 2.